The van der Waals surface area contributed by atoms with Crippen LogP contribution in [0.3, 0.4) is 0 Å². The van der Waals surface area contributed by atoms with Crippen molar-refractivity contribution in [2.24, 2.45) is 0 Å². The first-order chi connectivity index (χ1) is 8.47. The quantitative estimate of drug-likeness (QED) is 0.617. The van der Waals surface area contributed by atoms with Gasteiger partial charge in [0.1, 0.15) is 5.56 Å². The van der Waals surface area contributed by atoms with Gasteiger partial charge in [-0.15, -0.1) is 0 Å². The highest BCUT2D eigenvalue weighted by atomic mass is 35.5. The molecule has 0 saturated heterocycles. The van der Waals surface area contributed by atoms with Gasteiger partial charge in [-0.25, -0.2) is 0 Å². The molecular formula is C11H13ClN2O3S. The Hall–Kier alpha value is -1.27. The van der Waals surface area contributed by atoms with Gasteiger partial charge in [-0.05, 0) is 18.4 Å². The number of thioether (sulfide) groups is 1. The van der Waals surface area contributed by atoms with Crippen LogP contribution in [-0.4, -0.2) is 41.3 Å². The first kappa shape index (κ1) is 14.8. The summed E-state index contributed by atoms with van der Waals surface area (Å²) in [4.78, 5) is 23.8. The minimum absolute atomic E-state index is 0.0242. The van der Waals surface area contributed by atoms with Crippen LogP contribution in [0.1, 0.15) is 10.4 Å². The first-order valence-electron chi connectivity index (χ1n) is 5.15. The third-order valence-corrected chi connectivity index (χ3v) is 3.19. The highest BCUT2D eigenvalue weighted by Crippen LogP contribution is 2.23. The molecule has 0 N–H and O–H groups in total. The van der Waals surface area contributed by atoms with Crippen LogP contribution in [0.2, 0.25) is 5.02 Å². The normalized spacial score (nSPS) is 10.2. The maximum atomic E-state index is 12.1. The lowest BCUT2D eigenvalue weighted by molar-refractivity contribution is -0.385. The number of hydrogen-bond donors (Lipinski definition) is 0. The summed E-state index contributed by atoms with van der Waals surface area (Å²) in [5.41, 5.74) is -0.198. The number of nitro groups is 1. The average molecular weight is 289 g/mol. The smallest absolute Gasteiger partial charge is 0.282 e. The zero-order chi connectivity index (χ0) is 13.7. The number of carbonyl (C=O) groups is 1. The summed E-state index contributed by atoms with van der Waals surface area (Å²) in [7, 11) is 1.61. The molecule has 1 aromatic rings. The topological polar surface area (TPSA) is 63.5 Å². The van der Waals surface area contributed by atoms with Gasteiger partial charge in [0.2, 0.25) is 0 Å². The summed E-state index contributed by atoms with van der Waals surface area (Å²) in [5.74, 6) is 0.384. The number of benzene rings is 1. The summed E-state index contributed by atoms with van der Waals surface area (Å²) in [6.07, 6.45) is 1.93. The lowest BCUT2D eigenvalue weighted by atomic mass is 10.1. The van der Waals surface area contributed by atoms with Crippen molar-refractivity contribution in [3.05, 3.63) is 38.9 Å². The van der Waals surface area contributed by atoms with Crippen molar-refractivity contribution >= 4 is 35.0 Å². The molecule has 0 unspecified atom stereocenters. The molecule has 0 saturated carbocycles. The third kappa shape index (κ3) is 3.61. The standard InChI is InChI=1S/C11H13ClN2O3S/c1-13(5-6-18-2)11(15)9-7-8(12)3-4-10(9)14(16)17/h3-4,7H,5-6H2,1-2H3. The van der Waals surface area contributed by atoms with E-state index < -0.39 is 10.8 Å². The minimum atomic E-state index is -0.577. The maximum absolute atomic E-state index is 12.1. The predicted octanol–water partition coefficient (Wildman–Crippen LogP) is 2.68. The van der Waals surface area contributed by atoms with Crippen molar-refractivity contribution in [3.63, 3.8) is 0 Å². The summed E-state index contributed by atoms with van der Waals surface area (Å²) in [6, 6.07) is 3.98. The van der Waals surface area contributed by atoms with Crippen LogP contribution in [0.5, 0.6) is 0 Å². The molecule has 0 bridgehead atoms. The van der Waals surface area contributed by atoms with Gasteiger partial charge in [0.25, 0.3) is 11.6 Å². The predicted molar refractivity (Wildman–Crippen MR) is 73.4 cm³/mol. The Bertz CT molecular complexity index is 468. The van der Waals surface area contributed by atoms with Gasteiger partial charge in [-0.3, -0.25) is 14.9 Å². The fraction of sp³-hybridized carbons (Fsp3) is 0.364. The van der Waals surface area contributed by atoms with Gasteiger partial charge in [0.15, 0.2) is 0 Å². The lowest BCUT2D eigenvalue weighted by Gasteiger charge is -2.16. The van der Waals surface area contributed by atoms with E-state index in [0.29, 0.717) is 11.6 Å². The van der Waals surface area contributed by atoms with Gasteiger partial charge in [0.05, 0.1) is 4.92 Å². The van der Waals surface area contributed by atoms with Crippen LogP contribution in [0.15, 0.2) is 18.2 Å². The van der Waals surface area contributed by atoms with Crippen LogP contribution >= 0.6 is 23.4 Å². The molecule has 0 aliphatic rings. The Morgan fingerprint density at radius 2 is 2.22 bits per heavy atom. The van der Waals surface area contributed by atoms with Gasteiger partial charge in [0, 0.05) is 30.4 Å². The second kappa shape index (κ2) is 6.61. The second-order valence-corrected chi connectivity index (χ2v) is 5.06. The van der Waals surface area contributed by atoms with E-state index in [9.17, 15) is 14.9 Å². The molecule has 0 spiro atoms. The van der Waals surface area contributed by atoms with Crippen LogP contribution in [0.25, 0.3) is 0 Å². The van der Waals surface area contributed by atoms with Gasteiger partial charge < -0.3 is 4.90 Å². The highest BCUT2D eigenvalue weighted by molar-refractivity contribution is 7.98. The Morgan fingerprint density at radius 1 is 1.56 bits per heavy atom. The van der Waals surface area contributed by atoms with E-state index >= 15 is 0 Å². The highest BCUT2D eigenvalue weighted by Gasteiger charge is 2.22. The number of carbonyl (C=O) groups excluding carboxylic acids is 1. The Labute approximate surface area is 114 Å². The monoisotopic (exact) mass is 288 g/mol. The van der Waals surface area contributed by atoms with Crippen molar-refractivity contribution < 1.29 is 9.72 Å². The number of halogens is 1. The molecule has 18 heavy (non-hydrogen) atoms. The van der Waals surface area contributed by atoms with Crippen LogP contribution in [0.4, 0.5) is 5.69 Å². The second-order valence-electron chi connectivity index (χ2n) is 3.64. The summed E-state index contributed by atoms with van der Waals surface area (Å²) < 4.78 is 0. The molecular weight excluding hydrogens is 276 g/mol. The number of hydrogen-bond acceptors (Lipinski definition) is 4. The van der Waals surface area contributed by atoms with Crippen molar-refractivity contribution in [2.75, 3.05) is 25.6 Å². The molecule has 0 heterocycles. The van der Waals surface area contributed by atoms with E-state index in [1.54, 1.807) is 18.8 Å². The van der Waals surface area contributed by atoms with Crippen molar-refractivity contribution in [1.82, 2.24) is 4.90 Å². The number of nitrogens with zero attached hydrogens (tertiary/aromatic N) is 2. The summed E-state index contributed by atoms with van der Waals surface area (Å²) >= 11 is 7.38. The molecule has 1 amide bonds. The molecule has 7 heteroatoms. The molecule has 0 aliphatic heterocycles. The molecule has 0 fully saturated rings. The van der Waals surface area contributed by atoms with Crippen LogP contribution in [-0.2, 0) is 0 Å². The van der Waals surface area contributed by atoms with Crippen molar-refractivity contribution in [2.45, 2.75) is 0 Å². The van der Waals surface area contributed by atoms with Gasteiger partial charge in [-0.2, -0.15) is 11.8 Å². The van der Waals surface area contributed by atoms with Gasteiger partial charge in [-0.1, -0.05) is 11.6 Å². The zero-order valence-corrected chi connectivity index (χ0v) is 11.6. The van der Waals surface area contributed by atoms with Gasteiger partial charge >= 0.3 is 0 Å². The molecule has 0 radical (unpaired) electrons. The number of nitro benzene ring substituents is 1. The Kier molecular flexibility index (Phi) is 5.43. The molecule has 5 nitrogen and oxygen atoms in total. The zero-order valence-electron chi connectivity index (χ0n) is 10.1. The molecule has 0 atom stereocenters. The van der Waals surface area contributed by atoms with Crippen molar-refractivity contribution in [1.29, 1.82) is 0 Å². The SMILES string of the molecule is CSCCN(C)C(=O)c1cc(Cl)ccc1[N+](=O)[O-]. The Morgan fingerprint density at radius 3 is 2.78 bits per heavy atom. The maximum Gasteiger partial charge on any atom is 0.282 e. The number of rotatable bonds is 5. The molecule has 1 aromatic carbocycles. The van der Waals surface area contributed by atoms with E-state index in [1.807, 2.05) is 6.26 Å². The lowest BCUT2D eigenvalue weighted by Crippen LogP contribution is -2.29. The van der Waals surface area contributed by atoms with E-state index in [-0.39, 0.29) is 11.3 Å². The summed E-state index contributed by atoms with van der Waals surface area (Å²) in [6.45, 7) is 0.531. The fourth-order valence-electron chi connectivity index (χ4n) is 1.37. The van der Waals surface area contributed by atoms with E-state index in [0.717, 1.165) is 5.75 Å². The third-order valence-electron chi connectivity index (χ3n) is 2.36. The van der Waals surface area contributed by atoms with Crippen LogP contribution < -0.4 is 0 Å². The average Bonchev–Trinajstić information content (AvgIpc) is 2.34. The number of amides is 1. The van der Waals surface area contributed by atoms with E-state index in [2.05, 4.69) is 0 Å². The van der Waals surface area contributed by atoms with E-state index in [4.69, 9.17) is 11.6 Å². The molecule has 1 rings (SSSR count). The molecule has 0 aliphatic carbocycles. The largest absolute Gasteiger partial charge is 0.341 e. The molecule has 0 aromatic heterocycles. The van der Waals surface area contributed by atoms with Crippen molar-refractivity contribution in [3.8, 4) is 0 Å². The van der Waals surface area contributed by atoms with E-state index in [1.165, 1.54) is 23.1 Å². The minimum Gasteiger partial charge on any atom is -0.341 e. The van der Waals surface area contributed by atoms with Crippen LogP contribution in [0, 0.1) is 10.1 Å². The first-order valence-corrected chi connectivity index (χ1v) is 6.93. The Balaban J connectivity index is 3.03. The fourth-order valence-corrected chi connectivity index (χ4v) is 2.00. The summed E-state index contributed by atoms with van der Waals surface area (Å²) in [5, 5.41) is 11.2. The molecule has 98 valence electrons.